The van der Waals surface area contributed by atoms with Crippen LogP contribution in [0.5, 0.6) is 0 Å². The molecule has 0 aliphatic carbocycles. The van der Waals surface area contributed by atoms with E-state index < -0.39 is 0 Å². The summed E-state index contributed by atoms with van der Waals surface area (Å²) < 4.78 is 0. The van der Waals surface area contributed by atoms with Gasteiger partial charge in [0.25, 0.3) is 0 Å². The molecule has 0 spiro atoms. The summed E-state index contributed by atoms with van der Waals surface area (Å²) in [5.74, 6) is 0. The molecule has 1 heterocycles. The molecule has 1 N–H and O–H groups in total. The molecule has 1 unspecified atom stereocenters. The summed E-state index contributed by atoms with van der Waals surface area (Å²) in [5.41, 5.74) is 4.55. The first-order valence-corrected chi connectivity index (χ1v) is 7.35. The monoisotopic (exact) mass is 296 g/mol. The number of rotatable bonds is 3. The molecule has 0 bridgehead atoms. The number of hydrogen-bond donors (Lipinski definition) is 1. The average molecular weight is 297 g/mol. The predicted molar refractivity (Wildman–Crippen MR) is 88.8 cm³/mol. The number of hydrogen-bond acceptors (Lipinski definition) is 2. The Labute approximate surface area is 129 Å². The molecular formula is C18H17ClN2. The Morgan fingerprint density at radius 3 is 2.71 bits per heavy atom. The maximum Gasteiger partial charge on any atom is 0.0702 e. The van der Waals surface area contributed by atoms with Crippen molar-refractivity contribution in [2.75, 3.05) is 7.05 Å². The van der Waals surface area contributed by atoms with Crippen LogP contribution in [0.25, 0.3) is 10.9 Å². The fraction of sp³-hybridized carbons (Fsp3) is 0.167. The first kappa shape index (κ1) is 14.1. The zero-order valence-corrected chi connectivity index (χ0v) is 12.9. The number of nitrogens with zero attached hydrogens (tertiary/aromatic N) is 1. The van der Waals surface area contributed by atoms with Crippen LogP contribution in [0, 0.1) is 6.92 Å². The van der Waals surface area contributed by atoms with Gasteiger partial charge >= 0.3 is 0 Å². The lowest BCUT2D eigenvalue weighted by atomic mass is 9.95. The number of aryl methyl sites for hydroxylation is 1. The van der Waals surface area contributed by atoms with Crippen molar-refractivity contribution in [3.8, 4) is 0 Å². The van der Waals surface area contributed by atoms with E-state index in [2.05, 4.69) is 35.4 Å². The van der Waals surface area contributed by atoms with Crippen LogP contribution >= 0.6 is 11.6 Å². The summed E-state index contributed by atoms with van der Waals surface area (Å²) in [4.78, 5) is 4.55. The third-order valence-electron chi connectivity index (χ3n) is 3.79. The van der Waals surface area contributed by atoms with Crippen LogP contribution in [0.15, 0.2) is 54.7 Å². The largest absolute Gasteiger partial charge is 0.309 e. The molecule has 0 saturated heterocycles. The number of para-hydroxylation sites is 1. The Morgan fingerprint density at radius 2 is 1.90 bits per heavy atom. The molecule has 2 nitrogen and oxygen atoms in total. The minimum atomic E-state index is 0.0841. The van der Waals surface area contributed by atoms with Crippen LogP contribution in [-0.2, 0) is 0 Å². The van der Waals surface area contributed by atoms with E-state index in [1.807, 2.05) is 43.6 Å². The molecule has 106 valence electrons. The fourth-order valence-electron chi connectivity index (χ4n) is 2.67. The van der Waals surface area contributed by atoms with Crippen LogP contribution in [0.2, 0.25) is 5.02 Å². The number of nitrogens with one attached hydrogen (secondary N) is 1. The van der Waals surface area contributed by atoms with Gasteiger partial charge in [0.1, 0.15) is 0 Å². The van der Waals surface area contributed by atoms with Gasteiger partial charge in [-0.3, -0.25) is 4.98 Å². The highest BCUT2D eigenvalue weighted by molar-refractivity contribution is 6.30. The Bertz CT molecular complexity index is 783. The van der Waals surface area contributed by atoms with E-state index in [1.54, 1.807) is 0 Å². The predicted octanol–water partition coefficient (Wildman–Crippen LogP) is 4.51. The summed E-state index contributed by atoms with van der Waals surface area (Å²) >= 11 is 6.16. The Morgan fingerprint density at radius 1 is 1.10 bits per heavy atom. The molecule has 3 rings (SSSR count). The second-order valence-electron chi connectivity index (χ2n) is 5.18. The maximum atomic E-state index is 6.16. The van der Waals surface area contributed by atoms with Crippen molar-refractivity contribution in [2.45, 2.75) is 13.0 Å². The summed E-state index contributed by atoms with van der Waals surface area (Å²) in [6.07, 6.45) is 1.93. The van der Waals surface area contributed by atoms with E-state index >= 15 is 0 Å². The van der Waals surface area contributed by atoms with Gasteiger partial charge in [-0.2, -0.15) is 0 Å². The lowest BCUT2D eigenvalue weighted by Crippen LogP contribution is -2.19. The lowest BCUT2D eigenvalue weighted by molar-refractivity contribution is 0.686. The van der Waals surface area contributed by atoms with Crippen molar-refractivity contribution >= 4 is 22.5 Å². The average Bonchev–Trinajstić information content (AvgIpc) is 2.51. The first-order valence-electron chi connectivity index (χ1n) is 6.97. The number of benzene rings is 2. The van der Waals surface area contributed by atoms with Crippen LogP contribution in [0.3, 0.4) is 0 Å². The number of aromatic nitrogens is 1. The molecule has 3 heteroatoms. The zero-order chi connectivity index (χ0) is 14.8. The smallest absolute Gasteiger partial charge is 0.0702 e. The van der Waals surface area contributed by atoms with Gasteiger partial charge in [-0.05, 0) is 54.9 Å². The zero-order valence-electron chi connectivity index (χ0n) is 12.1. The SMILES string of the molecule is CNC(c1cnc2ccccc2c1)c1cc(Cl)ccc1C. The minimum absolute atomic E-state index is 0.0841. The molecule has 1 atom stereocenters. The van der Waals surface area contributed by atoms with E-state index in [1.165, 1.54) is 11.1 Å². The van der Waals surface area contributed by atoms with E-state index in [9.17, 15) is 0 Å². The quantitative estimate of drug-likeness (QED) is 0.769. The number of pyridine rings is 1. The van der Waals surface area contributed by atoms with Gasteiger partial charge < -0.3 is 5.32 Å². The normalized spacial score (nSPS) is 12.5. The highest BCUT2D eigenvalue weighted by atomic mass is 35.5. The summed E-state index contributed by atoms with van der Waals surface area (Å²) in [7, 11) is 1.96. The summed E-state index contributed by atoms with van der Waals surface area (Å²) in [6.45, 7) is 2.10. The third kappa shape index (κ3) is 2.78. The molecule has 0 saturated carbocycles. The van der Waals surface area contributed by atoms with Crippen LogP contribution < -0.4 is 5.32 Å². The van der Waals surface area contributed by atoms with Crippen molar-refractivity contribution in [3.05, 3.63) is 76.4 Å². The fourth-order valence-corrected chi connectivity index (χ4v) is 2.85. The second kappa shape index (κ2) is 5.84. The van der Waals surface area contributed by atoms with Crippen LogP contribution in [-0.4, -0.2) is 12.0 Å². The minimum Gasteiger partial charge on any atom is -0.309 e. The molecule has 21 heavy (non-hydrogen) atoms. The molecule has 0 aliphatic heterocycles. The maximum absolute atomic E-state index is 6.16. The molecule has 3 aromatic rings. The molecular weight excluding hydrogens is 280 g/mol. The Balaban J connectivity index is 2.11. The third-order valence-corrected chi connectivity index (χ3v) is 4.02. The van der Waals surface area contributed by atoms with Gasteiger partial charge in [-0.25, -0.2) is 0 Å². The summed E-state index contributed by atoms with van der Waals surface area (Å²) in [5, 5.41) is 5.27. The van der Waals surface area contributed by atoms with E-state index in [0.717, 1.165) is 21.5 Å². The Kier molecular flexibility index (Phi) is 3.91. The second-order valence-corrected chi connectivity index (χ2v) is 5.62. The molecule has 0 fully saturated rings. The number of halogens is 1. The lowest BCUT2D eigenvalue weighted by Gasteiger charge is -2.20. The summed E-state index contributed by atoms with van der Waals surface area (Å²) in [6, 6.07) is 16.4. The van der Waals surface area contributed by atoms with Gasteiger partial charge in [-0.15, -0.1) is 0 Å². The number of fused-ring (bicyclic) bond motifs is 1. The van der Waals surface area contributed by atoms with E-state index in [4.69, 9.17) is 11.6 Å². The van der Waals surface area contributed by atoms with E-state index in [0.29, 0.717) is 0 Å². The molecule has 2 aromatic carbocycles. The topological polar surface area (TPSA) is 24.9 Å². The van der Waals surface area contributed by atoms with Gasteiger partial charge in [0.05, 0.1) is 11.6 Å². The van der Waals surface area contributed by atoms with Gasteiger partial charge in [0.15, 0.2) is 0 Å². The van der Waals surface area contributed by atoms with Crippen molar-refractivity contribution in [1.29, 1.82) is 0 Å². The van der Waals surface area contributed by atoms with Gasteiger partial charge in [0, 0.05) is 16.6 Å². The first-order chi connectivity index (χ1) is 10.2. The van der Waals surface area contributed by atoms with Gasteiger partial charge in [-0.1, -0.05) is 35.9 Å². The van der Waals surface area contributed by atoms with Crippen molar-refractivity contribution in [2.24, 2.45) is 0 Å². The van der Waals surface area contributed by atoms with Gasteiger partial charge in [0.2, 0.25) is 0 Å². The van der Waals surface area contributed by atoms with Crippen LogP contribution in [0.4, 0.5) is 0 Å². The molecule has 0 radical (unpaired) electrons. The van der Waals surface area contributed by atoms with Crippen molar-refractivity contribution in [1.82, 2.24) is 10.3 Å². The molecule has 0 amide bonds. The van der Waals surface area contributed by atoms with Crippen molar-refractivity contribution in [3.63, 3.8) is 0 Å². The highest BCUT2D eigenvalue weighted by Gasteiger charge is 2.15. The molecule has 1 aromatic heterocycles. The standard InChI is InChI=1S/C18H17ClN2/c1-12-7-8-15(19)10-16(12)18(20-2)14-9-13-5-3-4-6-17(13)21-11-14/h3-11,18,20H,1-2H3. The Hall–Kier alpha value is -1.90. The molecule has 0 aliphatic rings. The highest BCUT2D eigenvalue weighted by Crippen LogP contribution is 2.28. The van der Waals surface area contributed by atoms with E-state index in [-0.39, 0.29) is 6.04 Å². The van der Waals surface area contributed by atoms with Crippen molar-refractivity contribution < 1.29 is 0 Å². The van der Waals surface area contributed by atoms with Crippen LogP contribution in [0.1, 0.15) is 22.7 Å².